The molecule has 1 heterocycles. The number of hydrogen-bond acceptors (Lipinski definition) is 2. The minimum Gasteiger partial charge on any atom is -0.325 e. The molecule has 1 fully saturated rings. The fourth-order valence-corrected chi connectivity index (χ4v) is 2.83. The highest BCUT2D eigenvalue weighted by Gasteiger charge is 2.37. The average molecular weight is 329 g/mol. The second-order valence-electron chi connectivity index (χ2n) is 5.60. The van der Waals surface area contributed by atoms with Crippen molar-refractivity contribution in [2.75, 3.05) is 11.9 Å². The average Bonchev–Trinajstić information content (AvgIpc) is 2.33. The molecule has 2 N–H and O–H groups in total. The van der Waals surface area contributed by atoms with Gasteiger partial charge in [-0.25, -0.2) is 4.39 Å². The zero-order valence-electron chi connectivity index (χ0n) is 11.1. The first-order valence-corrected chi connectivity index (χ1v) is 7.19. The lowest BCUT2D eigenvalue weighted by atomic mass is 9.77. The highest BCUT2D eigenvalue weighted by atomic mass is 79.9. The molecular formula is C14H18BrFN2O. The van der Waals surface area contributed by atoms with Crippen LogP contribution in [0, 0.1) is 11.2 Å². The molecule has 0 radical (unpaired) electrons. The maximum Gasteiger partial charge on any atom is 0.242 e. The predicted octanol–water partition coefficient (Wildman–Crippen LogP) is 3.30. The first-order valence-electron chi connectivity index (χ1n) is 6.39. The third-order valence-electron chi connectivity index (χ3n) is 3.58. The summed E-state index contributed by atoms with van der Waals surface area (Å²) in [7, 11) is 0. The molecule has 1 aliphatic heterocycles. The number of halogens is 2. The van der Waals surface area contributed by atoms with Crippen molar-refractivity contribution in [2.24, 2.45) is 5.41 Å². The molecule has 1 amide bonds. The van der Waals surface area contributed by atoms with Crippen LogP contribution in [-0.4, -0.2) is 18.5 Å². The molecule has 1 aromatic carbocycles. The van der Waals surface area contributed by atoms with Crippen molar-refractivity contribution in [1.29, 1.82) is 0 Å². The number of nitrogens with one attached hydrogen (secondary N) is 2. The summed E-state index contributed by atoms with van der Waals surface area (Å²) in [6.07, 6.45) is 2.10. The van der Waals surface area contributed by atoms with Gasteiger partial charge in [-0.2, -0.15) is 0 Å². The van der Waals surface area contributed by atoms with Crippen LogP contribution in [0.1, 0.15) is 26.7 Å². The predicted molar refractivity (Wildman–Crippen MR) is 77.5 cm³/mol. The van der Waals surface area contributed by atoms with E-state index in [2.05, 4.69) is 40.4 Å². The van der Waals surface area contributed by atoms with Crippen LogP contribution in [0.15, 0.2) is 22.7 Å². The van der Waals surface area contributed by atoms with E-state index < -0.39 is 0 Å². The monoisotopic (exact) mass is 328 g/mol. The van der Waals surface area contributed by atoms with Crippen molar-refractivity contribution in [2.45, 2.75) is 32.7 Å². The van der Waals surface area contributed by atoms with Gasteiger partial charge in [0.15, 0.2) is 0 Å². The van der Waals surface area contributed by atoms with Crippen molar-refractivity contribution in [3.63, 3.8) is 0 Å². The van der Waals surface area contributed by atoms with Gasteiger partial charge in [-0.15, -0.1) is 0 Å². The first-order chi connectivity index (χ1) is 8.90. The lowest BCUT2D eigenvalue weighted by molar-refractivity contribution is -0.121. The Hall–Kier alpha value is -0.940. The summed E-state index contributed by atoms with van der Waals surface area (Å²) >= 11 is 3.11. The topological polar surface area (TPSA) is 41.1 Å². The van der Waals surface area contributed by atoms with Crippen molar-refractivity contribution in [3.05, 3.63) is 28.5 Å². The Balaban J connectivity index is 2.09. The van der Waals surface area contributed by atoms with Crippen molar-refractivity contribution >= 4 is 27.5 Å². The summed E-state index contributed by atoms with van der Waals surface area (Å²) in [5.41, 5.74) is 0.529. The number of carbonyl (C=O) groups is 1. The van der Waals surface area contributed by atoms with Gasteiger partial charge in [0, 0.05) is 5.69 Å². The minimum absolute atomic E-state index is 0.0665. The van der Waals surface area contributed by atoms with Gasteiger partial charge < -0.3 is 10.6 Å². The number of hydrogen-bond donors (Lipinski definition) is 2. The molecule has 1 aromatic rings. The maximum atomic E-state index is 13.1. The third-order valence-corrected chi connectivity index (χ3v) is 4.18. The van der Waals surface area contributed by atoms with Gasteiger partial charge in [0.05, 0.1) is 10.5 Å². The van der Waals surface area contributed by atoms with E-state index >= 15 is 0 Å². The van der Waals surface area contributed by atoms with E-state index in [4.69, 9.17) is 0 Å². The van der Waals surface area contributed by atoms with E-state index in [1.807, 2.05) is 0 Å². The molecule has 0 spiro atoms. The molecule has 5 heteroatoms. The standard InChI is InChI=1S/C14H18BrFN2O/c1-14(2)6-3-7-17-12(14)13(19)18-9-4-5-11(16)10(15)8-9/h4-5,8,12,17H,3,6-7H2,1-2H3,(H,18,19). The van der Waals surface area contributed by atoms with Gasteiger partial charge >= 0.3 is 0 Å². The quantitative estimate of drug-likeness (QED) is 0.874. The van der Waals surface area contributed by atoms with E-state index in [-0.39, 0.29) is 23.2 Å². The van der Waals surface area contributed by atoms with Gasteiger partial charge in [0.25, 0.3) is 0 Å². The van der Waals surface area contributed by atoms with Crippen LogP contribution in [0.25, 0.3) is 0 Å². The van der Waals surface area contributed by atoms with Gasteiger partial charge in [0.2, 0.25) is 5.91 Å². The second kappa shape index (κ2) is 5.59. The molecule has 0 aliphatic carbocycles. The normalized spacial score (nSPS) is 22.0. The van der Waals surface area contributed by atoms with Crippen molar-refractivity contribution < 1.29 is 9.18 Å². The first kappa shape index (κ1) is 14.5. The van der Waals surface area contributed by atoms with Crippen LogP contribution in [0.5, 0.6) is 0 Å². The Labute approximate surface area is 121 Å². The van der Waals surface area contributed by atoms with E-state index in [0.717, 1.165) is 19.4 Å². The molecule has 1 atom stereocenters. The highest BCUT2D eigenvalue weighted by molar-refractivity contribution is 9.10. The van der Waals surface area contributed by atoms with Gasteiger partial charge in [-0.05, 0) is 58.9 Å². The van der Waals surface area contributed by atoms with Crippen molar-refractivity contribution in [3.8, 4) is 0 Å². The summed E-state index contributed by atoms with van der Waals surface area (Å²) in [4.78, 5) is 12.3. The molecule has 1 saturated heterocycles. The highest BCUT2D eigenvalue weighted by Crippen LogP contribution is 2.31. The Morgan fingerprint density at radius 1 is 1.53 bits per heavy atom. The van der Waals surface area contributed by atoms with Gasteiger partial charge in [0.1, 0.15) is 5.82 Å². The molecule has 2 rings (SSSR count). The van der Waals surface area contributed by atoms with Crippen LogP contribution >= 0.6 is 15.9 Å². The lowest BCUT2D eigenvalue weighted by Crippen LogP contribution is -2.53. The number of amides is 1. The van der Waals surface area contributed by atoms with Crippen LogP contribution in [-0.2, 0) is 4.79 Å². The molecule has 1 unspecified atom stereocenters. The zero-order valence-corrected chi connectivity index (χ0v) is 12.7. The summed E-state index contributed by atoms with van der Waals surface area (Å²) in [5.74, 6) is -0.405. The molecule has 0 bridgehead atoms. The summed E-state index contributed by atoms with van der Waals surface area (Å²) < 4.78 is 13.5. The number of benzene rings is 1. The summed E-state index contributed by atoms with van der Waals surface area (Å²) in [6.45, 7) is 5.03. The third kappa shape index (κ3) is 3.34. The Kier molecular flexibility index (Phi) is 4.26. The number of anilines is 1. The Bertz CT molecular complexity index is 490. The molecule has 104 valence electrons. The number of piperidine rings is 1. The molecule has 19 heavy (non-hydrogen) atoms. The Morgan fingerprint density at radius 2 is 2.26 bits per heavy atom. The van der Waals surface area contributed by atoms with Crippen LogP contribution in [0.3, 0.4) is 0 Å². The Morgan fingerprint density at radius 3 is 2.89 bits per heavy atom. The van der Waals surface area contributed by atoms with Gasteiger partial charge in [-0.3, -0.25) is 4.79 Å². The zero-order chi connectivity index (χ0) is 14.0. The summed E-state index contributed by atoms with van der Waals surface area (Å²) in [6, 6.07) is 4.25. The maximum absolute atomic E-state index is 13.1. The van der Waals surface area contributed by atoms with Crippen molar-refractivity contribution in [1.82, 2.24) is 5.32 Å². The van der Waals surface area contributed by atoms with E-state index in [1.165, 1.54) is 6.07 Å². The van der Waals surface area contributed by atoms with Crippen LogP contribution in [0.2, 0.25) is 0 Å². The molecular weight excluding hydrogens is 311 g/mol. The molecule has 1 aliphatic rings. The van der Waals surface area contributed by atoms with E-state index in [9.17, 15) is 9.18 Å². The summed E-state index contributed by atoms with van der Waals surface area (Å²) in [5, 5.41) is 6.09. The molecule has 0 aromatic heterocycles. The fourth-order valence-electron chi connectivity index (χ4n) is 2.45. The number of carbonyl (C=O) groups excluding carboxylic acids is 1. The second-order valence-corrected chi connectivity index (χ2v) is 6.45. The van der Waals surface area contributed by atoms with Crippen LogP contribution < -0.4 is 10.6 Å². The smallest absolute Gasteiger partial charge is 0.242 e. The molecule has 3 nitrogen and oxygen atoms in total. The largest absolute Gasteiger partial charge is 0.325 e. The van der Waals surface area contributed by atoms with Crippen LogP contribution in [0.4, 0.5) is 10.1 Å². The van der Waals surface area contributed by atoms with E-state index in [1.54, 1.807) is 12.1 Å². The fraction of sp³-hybridized carbons (Fsp3) is 0.500. The molecule has 0 saturated carbocycles. The lowest BCUT2D eigenvalue weighted by Gasteiger charge is -2.38. The van der Waals surface area contributed by atoms with E-state index in [0.29, 0.717) is 10.2 Å². The SMILES string of the molecule is CC1(C)CCCNC1C(=O)Nc1ccc(F)c(Br)c1. The van der Waals surface area contributed by atoms with Gasteiger partial charge in [-0.1, -0.05) is 13.8 Å². The number of rotatable bonds is 2. The minimum atomic E-state index is -0.339.